The highest BCUT2D eigenvalue weighted by Gasteiger charge is 2.27. The Morgan fingerprint density at radius 2 is 2.00 bits per heavy atom. The second-order valence-electron chi connectivity index (χ2n) is 3.77. The summed E-state index contributed by atoms with van der Waals surface area (Å²) in [5.74, 6) is -5.39. The Bertz CT molecular complexity index is 493. The van der Waals surface area contributed by atoms with E-state index in [2.05, 4.69) is 4.74 Å². The first-order valence-corrected chi connectivity index (χ1v) is 5.21. The second-order valence-corrected chi connectivity index (χ2v) is 3.77. The number of carboxylic acid groups (broad SMARTS) is 1. The minimum absolute atomic E-state index is 0.123. The monoisotopic (exact) mass is 274 g/mol. The van der Waals surface area contributed by atoms with E-state index in [4.69, 9.17) is 9.84 Å². The van der Waals surface area contributed by atoms with Gasteiger partial charge in [0.1, 0.15) is 11.3 Å². The molecule has 0 aliphatic rings. The number of aliphatic carboxylic acids is 1. The Morgan fingerprint density at radius 3 is 2.47 bits per heavy atom. The highest BCUT2D eigenvalue weighted by molar-refractivity contribution is 5.92. The normalized spacial score (nSPS) is 10.9. The summed E-state index contributed by atoms with van der Waals surface area (Å²) in [6.45, 7) is -0.00691. The second kappa shape index (κ2) is 5.64. The van der Waals surface area contributed by atoms with E-state index in [0.717, 1.165) is 25.3 Å². The van der Waals surface area contributed by atoms with Crippen molar-refractivity contribution >= 4 is 11.9 Å². The van der Waals surface area contributed by atoms with Gasteiger partial charge in [-0.2, -0.15) is 0 Å². The highest BCUT2D eigenvalue weighted by atomic mass is 19.3. The lowest BCUT2D eigenvalue weighted by atomic mass is 10.1. The number of carbonyl (C=O) groups is 2. The third kappa shape index (κ3) is 3.90. The summed E-state index contributed by atoms with van der Waals surface area (Å²) in [5.41, 5.74) is -0.640. The summed E-state index contributed by atoms with van der Waals surface area (Å²) in [6, 6.07) is 3.09. The Morgan fingerprint density at radius 1 is 1.37 bits per heavy atom. The van der Waals surface area contributed by atoms with Crippen molar-refractivity contribution in [1.82, 2.24) is 0 Å². The van der Waals surface area contributed by atoms with Crippen LogP contribution in [0.15, 0.2) is 18.2 Å². The zero-order valence-electron chi connectivity index (χ0n) is 10.3. The van der Waals surface area contributed by atoms with E-state index >= 15 is 0 Å². The summed E-state index contributed by atoms with van der Waals surface area (Å²) in [5, 5.41) is 8.48. The van der Waals surface area contributed by atoms with Gasteiger partial charge in [0.05, 0.1) is 7.11 Å². The number of hydrogen-bond donors (Lipinski definition) is 1. The Hall–Kier alpha value is -2.18. The third-order valence-corrected chi connectivity index (χ3v) is 2.24. The Labute approximate surface area is 107 Å². The van der Waals surface area contributed by atoms with Gasteiger partial charge in [-0.25, -0.2) is 18.4 Å². The minimum Gasteiger partial charge on any atom is -0.481 e. The average Bonchev–Trinajstić information content (AvgIpc) is 2.34. The summed E-state index contributed by atoms with van der Waals surface area (Å²) < 4.78 is 35.6. The number of esters is 1. The quantitative estimate of drug-likeness (QED) is 0.832. The summed E-state index contributed by atoms with van der Waals surface area (Å²) >= 11 is 0. The van der Waals surface area contributed by atoms with E-state index in [1.54, 1.807) is 0 Å². The van der Waals surface area contributed by atoms with Crippen LogP contribution < -0.4 is 4.74 Å². The van der Waals surface area contributed by atoms with Crippen LogP contribution in [-0.2, 0) is 15.5 Å². The van der Waals surface area contributed by atoms with Crippen LogP contribution in [0, 0.1) is 0 Å². The van der Waals surface area contributed by atoms with E-state index in [1.807, 2.05) is 0 Å². The van der Waals surface area contributed by atoms with Crippen molar-refractivity contribution in [1.29, 1.82) is 0 Å². The lowest BCUT2D eigenvalue weighted by Crippen LogP contribution is -2.14. The van der Waals surface area contributed by atoms with Crippen molar-refractivity contribution in [3.8, 4) is 5.75 Å². The van der Waals surface area contributed by atoms with Crippen LogP contribution in [0.5, 0.6) is 5.75 Å². The van der Waals surface area contributed by atoms with E-state index in [-0.39, 0.29) is 11.3 Å². The first-order valence-electron chi connectivity index (χ1n) is 5.21. The molecule has 0 saturated heterocycles. The number of hydrogen-bond acceptors (Lipinski definition) is 4. The molecule has 19 heavy (non-hydrogen) atoms. The molecule has 0 spiro atoms. The predicted molar refractivity (Wildman–Crippen MR) is 60.5 cm³/mol. The van der Waals surface area contributed by atoms with Crippen molar-refractivity contribution < 1.29 is 33.0 Å². The molecule has 0 aliphatic heterocycles. The zero-order chi connectivity index (χ0) is 14.6. The number of methoxy groups -OCH3 is 1. The molecule has 0 aromatic heterocycles. The molecule has 104 valence electrons. The number of carbonyl (C=O) groups excluding carboxylic acids is 1. The zero-order valence-corrected chi connectivity index (χ0v) is 10.3. The Balaban J connectivity index is 3.17. The van der Waals surface area contributed by atoms with Gasteiger partial charge in [0.2, 0.25) is 0 Å². The number of rotatable bonds is 5. The van der Waals surface area contributed by atoms with Gasteiger partial charge in [0, 0.05) is 12.5 Å². The highest BCUT2D eigenvalue weighted by Crippen LogP contribution is 2.31. The van der Waals surface area contributed by atoms with Crippen LogP contribution in [0.25, 0.3) is 0 Å². The molecule has 0 fully saturated rings. The van der Waals surface area contributed by atoms with Gasteiger partial charge in [-0.15, -0.1) is 0 Å². The fourth-order valence-electron chi connectivity index (χ4n) is 1.34. The molecule has 1 aromatic carbocycles. The SMILES string of the molecule is COC(=O)c1cc(C(C)(F)F)ccc1OCC(=O)O. The smallest absolute Gasteiger partial charge is 0.341 e. The van der Waals surface area contributed by atoms with E-state index in [9.17, 15) is 18.4 Å². The van der Waals surface area contributed by atoms with Gasteiger partial charge in [0.15, 0.2) is 6.61 Å². The van der Waals surface area contributed by atoms with Gasteiger partial charge in [-0.05, 0) is 18.2 Å². The largest absolute Gasteiger partial charge is 0.481 e. The molecule has 0 bridgehead atoms. The summed E-state index contributed by atoms with van der Waals surface area (Å²) in [6.07, 6.45) is 0. The molecule has 0 heterocycles. The predicted octanol–water partition coefficient (Wildman–Crippen LogP) is 2.05. The lowest BCUT2D eigenvalue weighted by Gasteiger charge is -2.14. The van der Waals surface area contributed by atoms with Crippen LogP contribution in [0.3, 0.4) is 0 Å². The molecule has 1 N–H and O–H groups in total. The fraction of sp³-hybridized carbons (Fsp3) is 0.333. The van der Waals surface area contributed by atoms with Crippen LogP contribution in [-0.4, -0.2) is 30.8 Å². The maximum Gasteiger partial charge on any atom is 0.341 e. The van der Waals surface area contributed by atoms with Crippen molar-refractivity contribution in [3.05, 3.63) is 29.3 Å². The molecule has 0 atom stereocenters. The molecule has 5 nitrogen and oxygen atoms in total. The first-order chi connectivity index (χ1) is 8.75. The molecule has 0 aliphatic carbocycles. The van der Waals surface area contributed by atoms with Gasteiger partial charge < -0.3 is 14.6 Å². The maximum absolute atomic E-state index is 13.2. The molecule has 1 rings (SSSR count). The van der Waals surface area contributed by atoms with Crippen LogP contribution >= 0.6 is 0 Å². The fourth-order valence-corrected chi connectivity index (χ4v) is 1.34. The standard InChI is InChI=1S/C12H12F2O5/c1-12(13,14)7-3-4-9(19-6-10(15)16)8(5-7)11(17)18-2/h3-5H,6H2,1-2H3,(H,15,16). The molecular formula is C12H12F2O5. The van der Waals surface area contributed by atoms with Crippen LogP contribution in [0.1, 0.15) is 22.8 Å². The molecule has 0 saturated carbocycles. The summed E-state index contributed by atoms with van der Waals surface area (Å²) in [7, 11) is 1.08. The van der Waals surface area contributed by atoms with Crippen LogP contribution in [0.2, 0.25) is 0 Å². The minimum atomic E-state index is -3.13. The topological polar surface area (TPSA) is 72.8 Å². The number of carboxylic acids is 1. The average molecular weight is 274 g/mol. The molecule has 0 amide bonds. The number of alkyl halides is 2. The molecule has 1 aromatic rings. The molecule has 7 heteroatoms. The van der Waals surface area contributed by atoms with Crippen molar-refractivity contribution in [2.24, 2.45) is 0 Å². The van der Waals surface area contributed by atoms with E-state index < -0.39 is 30.0 Å². The van der Waals surface area contributed by atoms with Gasteiger partial charge >= 0.3 is 11.9 Å². The number of ether oxygens (including phenoxy) is 2. The van der Waals surface area contributed by atoms with Crippen molar-refractivity contribution in [2.45, 2.75) is 12.8 Å². The van der Waals surface area contributed by atoms with Crippen molar-refractivity contribution in [3.63, 3.8) is 0 Å². The molecular weight excluding hydrogens is 262 g/mol. The van der Waals surface area contributed by atoms with Gasteiger partial charge in [0.25, 0.3) is 5.92 Å². The number of benzene rings is 1. The van der Waals surface area contributed by atoms with E-state index in [1.165, 1.54) is 0 Å². The lowest BCUT2D eigenvalue weighted by molar-refractivity contribution is -0.139. The Kier molecular flexibility index (Phi) is 4.42. The van der Waals surface area contributed by atoms with E-state index in [0.29, 0.717) is 6.92 Å². The molecule has 0 unspecified atom stereocenters. The van der Waals surface area contributed by atoms with Crippen LogP contribution in [0.4, 0.5) is 8.78 Å². The summed E-state index contributed by atoms with van der Waals surface area (Å²) in [4.78, 5) is 21.9. The van der Waals surface area contributed by atoms with Gasteiger partial charge in [-0.3, -0.25) is 0 Å². The maximum atomic E-state index is 13.2. The molecule has 0 radical (unpaired) electrons. The first kappa shape index (κ1) is 14.9. The number of halogens is 2. The van der Waals surface area contributed by atoms with Crippen molar-refractivity contribution in [2.75, 3.05) is 13.7 Å². The third-order valence-electron chi connectivity index (χ3n) is 2.24. The van der Waals surface area contributed by atoms with Gasteiger partial charge in [-0.1, -0.05) is 0 Å².